The van der Waals surface area contributed by atoms with Crippen molar-refractivity contribution in [2.24, 2.45) is 0 Å². The smallest absolute Gasteiger partial charge is 0.223 e. The minimum Gasteiger partial charge on any atom is -0.497 e. The molecule has 5 rings (SSSR count). The Balaban J connectivity index is 1.44. The van der Waals surface area contributed by atoms with Gasteiger partial charge in [-0.2, -0.15) is 9.61 Å². The molecule has 0 radical (unpaired) electrons. The number of nitrogens with zero attached hydrogens (tertiary/aromatic N) is 7. The summed E-state index contributed by atoms with van der Waals surface area (Å²) in [6.07, 6.45) is 5.88. The van der Waals surface area contributed by atoms with E-state index in [2.05, 4.69) is 15.0 Å². The molecule has 1 atom stereocenters. The van der Waals surface area contributed by atoms with Gasteiger partial charge in [0.25, 0.3) is 0 Å². The molecule has 0 bridgehead atoms. The molecule has 1 fully saturated rings. The lowest BCUT2D eigenvalue weighted by Crippen LogP contribution is -2.34. The van der Waals surface area contributed by atoms with Crippen molar-refractivity contribution < 1.29 is 9.84 Å². The first-order valence-electron chi connectivity index (χ1n) is 10.8. The van der Waals surface area contributed by atoms with Gasteiger partial charge in [0, 0.05) is 36.7 Å². The van der Waals surface area contributed by atoms with Crippen molar-refractivity contribution in [3.8, 4) is 5.75 Å². The van der Waals surface area contributed by atoms with Crippen LogP contribution in [-0.2, 0) is 6.54 Å². The molecule has 0 aliphatic carbocycles. The molecule has 10 heteroatoms. The molecule has 32 heavy (non-hydrogen) atoms. The maximum atomic E-state index is 10.1. The summed E-state index contributed by atoms with van der Waals surface area (Å²) in [5.74, 6) is 1.98. The van der Waals surface area contributed by atoms with Gasteiger partial charge in [0.05, 0.1) is 36.7 Å². The molecular formula is C22H28N8O2. The lowest BCUT2D eigenvalue weighted by Gasteiger charge is -2.32. The van der Waals surface area contributed by atoms with E-state index in [1.807, 2.05) is 30.6 Å². The van der Waals surface area contributed by atoms with E-state index in [-0.39, 0.29) is 5.92 Å². The predicted molar refractivity (Wildman–Crippen MR) is 122 cm³/mol. The third kappa shape index (κ3) is 3.81. The molecule has 4 aromatic rings. The second-order valence-electron chi connectivity index (χ2n) is 9.05. The number of benzene rings is 1. The normalized spacial score (nSPS) is 17.4. The second kappa shape index (κ2) is 7.63. The Kier molecular flexibility index (Phi) is 4.89. The van der Waals surface area contributed by atoms with Crippen LogP contribution in [-0.4, -0.2) is 60.3 Å². The molecule has 168 valence electrons. The van der Waals surface area contributed by atoms with E-state index in [1.54, 1.807) is 30.2 Å². The number of aliphatic hydroxyl groups is 1. The Morgan fingerprint density at radius 2 is 2.12 bits per heavy atom. The zero-order valence-corrected chi connectivity index (χ0v) is 18.6. The van der Waals surface area contributed by atoms with Gasteiger partial charge in [0.15, 0.2) is 11.5 Å². The maximum Gasteiger partial charge on any atom is 0.223 e. The average molecular weight is 437 g/mol. The van der Waals surface area contributed by atoms with Crippen LogP contribution in [0.5, 0.6) is 5.75 Å². The number of fused-ring (bicyclic) bond motifs is 3. The highest BCUT2D eigenvalue weighted by molar-refractivity contribution is 5.93. The summed E-state index contributed by atoms with van der Waals surface area (Å²) in [6, 6.07) is 5.69. The first kappa shape index (κ1) is 20.5. The zero-order chi connectivity index (χ0) is 22.5. The average Bonchev–Trinajstić information content (AvgIpc) is 3.40. The highest BCUT2D eigenvalue weighted by atomic mass is 16.5. The number of rotatable bonds is 5. The van der Waals surface area contributed by atoms with Crippen molar-refractivity contribution in [1.29, 1.82) is 0 Å². The Labute approximate surface area is 185 Å². The molecule has 10 nitrogen and oxygen atoms in total. The van der Waals surface area contributed by atoms with Crippen LogP contribution in [0.15, 0.2) is 30.6 Å². The Hall–Kier alpha value is -3.40. The van der Waals surface area contributed by atoms with Gasteiger partial charge >= 0.3 is 0 Å². The molecule has 3 aromatic heterocycles. The van der Waals surface area contributed by atoms with Crippen LogP contribution in [0.3, 0.4) is 0 Å². The molecule has 1 aliphatic heterocycles. The van der Waals surface area contributed by atoms with Crippen LogP contribution in [0.1, 0.15) is 38.4 Å². The summed E-state index contributed by atoms with van der Waals surface area (Å²) < 4.78 is 8.72. The van der Waals surface area contributed by atoms with Gasteiger partial charge < -0.3 is 20.5 Å². The molecule has 4 heterocycles. The fourth-order valence-corrected chi connectivity index (χ4v) is 4.35. The lowest BCUT2D eigenvalue weighted by atomic mass is 9.97. The van der Waals surface area contributed by atoms with Crippen molar-refractivity contribution in [1.82, 2.24) is 29.4 Å². The van der Waals surface area contributed by atoms with E-state index in [0.29, 0.717) is 18.1 Å². The van der Waals surface area contributed by atoms with E-state index in [4.69, 9.17) is 20.6 Å². The van der Waals surface area contributed by atoms with Crippen LogP contribution in [0.25, 0.3) is 16.6 Å². The van der Waals surface area contributed by atoms with Crippen LogP contribution in [0.4, 0.5) is 11.6 Å². The van der Waals surface area contributed by atoms with Crippen LogP contribution in [0.2, 0.25) is 0 Å². The number of aromatic nitrogens is 6. The third-order valence-corrected chi connectivity index (χ3v) is 5.84. The molecule has 0 unspecified atom stereocenters. The van der Waals surface area contributed by atoms with Crippen LogP contribution >= 0.6 is 0 Å². The maximum absolute atomic E-state index is 10.1. The standard InChI is InChI=1S/C22H28N8O2/c1-22(2,31)13-29-12-15(10-24-29)28-8-4-5-14(11-28)19-26-20-17-7-6-16(32-3)9-18(17)25-21(23)30(20)27-19/h6-7,9-10,12,14,31H,4-5,8,11,13H2,1-3H3,(H2,23,25)/t14-/m1/s1. The lowest BCUT2D eigenvalue weighted by molar-refractivity contribution is 0.0577. The molecule has 1 aliphatic rings. The van der Waals surface area contributed by atoms with E-state index < -0.39 is 5.60 Å². The van der Waals surface area contributed by atoms with Gasteiger partial charge in [0.2, 0.25) is 5.95 Å². The summed E-state index contributed by atoms with van der Waals surface area (Å²) in [7, 11) is 1.63. The zero-order valence-electron chi connectivity index (χ0n) is 18.6. The predicted octanol–water partition coefficient (Wildman–Crippen LogP) is 2.22. The van der Waals surface area contributed by atoms with E-state index in [0.717, 1.165) is 54.1 Å². The van der Waals surface area contributed by atoms with Crippen molar-refractivity contribution in [2.75, 3.05) is 30.8 Å². The third-order valence-electron chi connectivity index (χ3n) is 5.84. The largest absolute Gasteiger partial charge is 0.497 e. The number of anilines is 2. The van der Waals surface area contributed by atoms with Gasteiger partial charge in [-0.3, -0.25) is 4.68 Å². The molecule has 0 spiro atoms. The molecule has 0 amide bonds. The fraction of sp³-hybridized carbons (Fsp3) is 0.455. The molecule has 3 N–H and O–H groups in total. The SMILES string of the molecule is COc1ccc2c(c1)nc(N)n1nc([C@@H]3CCCN(c4cnn(CC(C)(C)O)c4)C3)nc21. The highest BCUT2D eigenvalue weighted by Gasteiger charge is 2.27. The summed E-state index contributed by atoms with van der Waals surface area (Å²) in [5, 5.41) is 20.1. The van der Waals surface area contributed by atoms with Gasteiger partial charge in [0.1, 0.15) is 5.75 Å². The Bertz CT molecular complexity index is 1270. The Morgan fingerprint density at radius 1 is 1.28 bits per heavy atom. The minimum absolute atomic E-state index is 0.175. The number of methoxy groups -OCH3 is 1. The number of hydrogen-bond donors (Lipinski definition) is 2. The first-order valence-corrected chi connectivity index (χ1v) is 10.8. The highest BCUT2D eigenvalue weighted by Crippen LogP contribution is 2.30. The monoisotopic (exact) mass is 436 g/mol. The van der Waals surface area contributed by atoms with Gasteiger partial charge in [-0.1, -0.05) is 0 Å². The quantitative estimate of drug-likeness (QED) is 0.489. The van der Waals surface area contributed by atoms with E-state index >= 15 is 0 Å². The van der Waals surface area contributed by atoms with Crippen molar-refractivity contribution in [2.45, 2.75) is 44.8 Å². The van der Waals surface area contributed by atoms with Crippen LogP contribution < -0.4 is 15.4 Å². The summed E-state index contributed by atoms with van der Waals surface area (Å²) in [4.78, 5) is 11.7. The molecule has 1 saturated heterocycles. The molecule has 1 aromatic carbocycles. The molecular weight excluding hydrogens is 408 g/mol. The van der Waals surface area contributed by atoms with Crippen LogP contribution in [0, 0.1) is 0 Å². The van der Waals surface area contributed by atoms with Crippen molar-refractivity contribution >= 4 is 28.2 Å². The van der Waals surface area contributed by atoms with Gasteiger partial charge in [-0.15, -0.1) is 5.10 Å². The molecule has 0 saturated carbocycles. The number of ether oxygens (including phenoxy) is 1. The van der Waals surface area contributed by atoms with Crippen molar-refractivity contribution in [3.63, 3.8) is 0 Å². The van der Waals surface area contributed by atoms with Crippen molar-refractivity contribution in [3.05, 3.63) is 36.4 Å². The number of nitrogens with two attached hydrogens (primary N) is 1. The topological polar surface area (TPSA) is 120 Å². The number of nitrogen functional groups attached to an aromatic ring is 1. The number of piperidine rings is 1. The summed E-state index contributed by atoms with van der Waals surface area (Å²) in [5.41, 5.74) is 7.87. The minimum atomic E-state index is -0.811. The van der Waals surface area contributed by atoms with Gasteiger partial charge in [-0.05, 0) is 38.8 Å². The first-order chi connectivity index (χ1) is 15.3. The second-order valence-corrected chi connectivity index (χ2v) is 9.05. The Morgan fingerprint density at radius 3 is 2.91 bits per heavy atom. The van der Waals surface area contributed by atoms with Gasteiger partial charge in [-0.25, -0.2) is 9.97 Å². The summed E-state index contributed by atoms with van der Waals surface area (Å²) in [6.45, 7) is 5.75. The van der Waals surface area contributed by atoms with E-state index in [1.165, 1.54) is 0 Å². The summed E-state index contributed by atoms with van der Waals surface area (Å²) >= 11 is 0. The van der Waals surface area contributed by atoms with E-state index in [9.17, 15) is 5.11 Å². The number of hydrogen-bond acceptors (Lipinski definition) is 8. The fourth-order valence-electron chi connectivity index (χ4n) is 4.35.